The van der Waals surface area contributed by atoms with Crippen LogP contribution < -0.4 is 0 Å². The molecule has 0 radical (unpaired) electrons. The molecular formula is C15H18O3. The molecule has 0 unspecified atom stereocenters. The van der Waals surface area contributed by atoms with Gasteiger partial charge in [0.25, 0.3) is 0 Å². The number of benzene rings is 1. The Labute approximate surface area is 107 Å². The molecule has 3 heteroatoms. The van der Waals surface area contributed by atoms with E-state index in [0.717, 1.165) is 11.1 Å². The summed E-state index contributed by atoms with van der Waals surface area (Å²) in [5, 5.41) is 10.4. The second kappa shape index (κ2) is 4.48. The van der Waals surface area contributed by atoms with E-state index in [-0.39, 0.29) is 5.76 Å². The summed E-state index contributed by atoms with van der Waals surface area (Å²) in [7, 11) is 0. The highest BCUT2D eigenvalue weighted by atomic mass is 16.6. The van der Waals surface area contributed by atoms with Gasteiger partial charge in [-0.25, -0.2) is 4.79 Å². The van der Waals surface area contributed by atoms with Gasteiger partial charge in [-0.05, 0) is 30.9 Å². The molecule has 0 saturated carbocycles. The van der Waals surface area contributed by atoms with Gasteiger partial charge < -0.3 is 9.84 Å². The fraction of sp³-hybridized carbons (Fsp3) is 0.400. The summed E-state index contributed by atoms with van der Waals surface area (Å²) < 4.78 is 5.42. The van der Waals surface area contributed by atoms with E-state index in [1.54, 1.807) is 0 Å². The number of carbonyl (C=O) groups is 1. The van der Waals surface area contributed by atoms with E-state index in [4.69, 9.17) is 4.74 Å². The van der Waals surface area contributed by atoms with E-state index in [9.17, 15) is 9.90 Å². The monoisotopic (exact) mass is 246 g/mol. The largest absolute Gasteiger partial charge is 0.507 e. The molecule has 18 heavy (non-hydrogen) atoms. The van der Waals surface area contributed by atoms with Gasteiger partial charge in [0, 0.05) is 0 Å². The number of ether oxygens (including phenoxy) is 1. The third-order valence-electron chi connectivity index (χ3n) is 3.72. The first-order valence-corrected chi connectivity index (χ1v) is 6.28. The van der Waals surface area contributed by atoms with Gasteiger partial charge in [-0.2, -0.15) is 0 Å². The second-order valence-corrected chi connectivity index (χ2v) is 4.63. The van der Waals surface area contributed by atoms with Crippen LogP contribution in [0.1, 0.15) is 37.8 Å². The lowest BCUT2D eigenvalue weighted by Crippen LogP contribution is -2.30. The second-order valence-electron chi connectivity index (χ2n) is 4.63. The molecule has 0 amide bonds. The molecule has 0 atom stereocenters. The van der Waals surface area contributed by atoms with E-state index >= 15 is 0 Å². The molecule has 1 heterocycles. The minimum Gasteiger partial charge on any atom is -0.507 e. The van der Waals surface area contributed by atoms with Gasteiger partial charge in [0.15, 0.2) is 11.4 Å². The molecule has 3 nitrogen and oxygen atoms in total. The zero-order valence-electron chi connectivity index (χ0n) is 11.0. The Morgan fingerprint density at radius 3 is 2.33 bits per heavy atom. The summed E-state index contributed by atoms with van der Waals surface area (Å²) >= 11 is 0. The van der Waals surface area contributed by atoms with Crippen molar-refractivity contribution in [3.05, 3.63) is 41.2 Å². The Hall–Kier alpha value is -1.77. The van der Waals surface area contributed by atoms with Crippen molar-refractivity contribution in [1.29, 1.82) is 0 Å². The first-order valence-electron chi connectivity index (χ1n) is 6.28. The third-order valence-corrected chi connectivity index (χ3v) is 3.72. The maximum atomic E-state index is 12.0. The standard InChI is InChI=1S/C15H18O3/c1-4-15(5-2)13(16)12(14(17)18-15)11-9-7-6-8-10(11)3/h6-9,16H,4-5H2,1-3H3. The van der Waals surface area contributed by atoms with E-state index in [1.165, 1.54) is 0 Å². The third kappa shape index (κ3) is 1.70. The highest BCUT2D eigenvalue weighted by Gasteiger charge is 2.46. The molecule has 1 aliphatic rings. The van der Waals surface area contributed by atoms with E-state index in [1.807, 2.05) is 45.0 Å². The van der Waals surface area contributed by atoms with Gasteiger partial charge in [0.05, 0.1) is 0 Å². The lowest BCUT2D eigenvalue weighted by Gasteiger charge is -2.24. The molecule has 0 fully saturated rings. The van der Waals surface area contributed by atoms with Crippen molar-refractivity contribution in [3.8, 4) is 0 Å². The maximum Gasteiger partial charge on any atom is 0.343 e. The highest BCUT2D eigenvalue weighted by Crippen LogP contribution is 2.41. The Morgan fingerprint density at radius 1 is 1.22 bits per heavy atom. The van der Waals surface area contributed by atoms with Crippen LogP contribution in [0.4, 0.5) is 0 Å². The number of carbonyl (C=O) groups excluding carboxylic acids is 1. The van der Waals surface area contributed by atoms with Crippen molar-refractivity contribution < 1.29 is 14.6 Å². The Balaban J connectivity index is 2.60. The number of aliphatic hydroxyl groups is 1. The SMILES string of the molecule is CCC1(CC)OC(=O)C(c2ccccc2C)=C1O. The Bertz CT molecular complexity index is 510. The topological polar surface area (TPSA) is 46.5 Å². The zero-order valence-corrected chi connectivity index (χ0v) is 11.0. The van der Waals surface area contributed by atoms with Crippen LogP contribution in [0.25, 0.3) is 5.57 Å². The molecular weight excluding hydrogens is 228 g/mol. The lowest BCUT2D eigenvalue weighted by molar-refractivity contribution is -0.147. The molecule has 0 bridgehead atoms. The molecule has 2 rings (SSSR count). The first kappa shape index (κ1) is 12.7. The summed E-state index contributed by atoms with van der Waals surface area (Å²) in [4.78, 5) is 12.0. The summed E-state index contributed by atoms with van der Waals surface area (Å²) in [5.74, 6) is -0.350. The number of rotatable bonds is 3. The predicted octanol–water partition coefficient (Wildman–Crippen LogP) is 3.38. The van der Waals surface area contributed by atoms with E-state index in [0.29, 0.717) is 18.4 Å². The number of esters is 1. The van der Waals surface area contributed by atoms with Crippen molar-refractivity contribution in [2.75, 3.05) is 0 Å². The summed E-state index contributed by atoms with van der Waals surface area (Å²) in [6.07, 6.45) is 1.16. The van der Waals surface area contributed by atoms with Gasteiger partial charge in [0.1, 0.15) is 5.57 Å². The lowest BCUT2D eigenvalue weighted by atomic mass is 9.91. The van der Waals surface area contributed by atoms with Gasteiger partial charge in [-0.15, -0.1) is 0 Å². The number of hydrogen-bond donors (Lipinski definition) is 1. The Morgan fingerprint density at radius 2 is 1.83 bits per heavy atom. The van der Waals surface area contributed by atoms with Crippen molar-refractivity contribution in [2.24, 2.45) is 0 Å². The molecule has 0 aliphatic carbocycles. The molecule has 0 spiro atoms. The van der Waals surface area contributed by atoms with Crippen LogP contribution in [-0.2, 0) is 9.53 Å². The first-order chi connectivity index (χ1) is 8.55. The van der Waals surface area contributed by atoms with Gasteiger partial charge in [-0.3, -0.25) is 0 Å². The Kier molecular flexibility index (Phi) is 3.16. The fourth-order valence-corrected chi connectivity index (χ4v) is 2.42. The summed E-state index contributed by atoms with van der Waals surface area (Å²) in [5.41, 5.74) is 1.19. The zero-order chi connectivity index (χ0) is 13.3. The molecule has 1 aromatic carbocycles. The number of cyclic esters (lactones) is 1. The minimum absolute atomic E-state index is 0.0757. The van der Waals surface area contributed by atoms with Crippen molar-refractivity contribution in [3.63, 3.8) is 0 Å². The molecule has 1 aliphatic heterocycles. The molecule has 0 saturated heterocycles. The summed E-state index contributed by atoms with van der Waals surface area (Å²) in [6, 6.07) is 7.52. The van der Waals surface area contributed by atoms with Crippen molar-refractivity contribution >= 4 is 11.5 Å². The maximum absolute atomic E-state index is 12.0. The van der Waals surface area contributed by atoms with E-state index in [2.05, 4.69) is 0 Å². The molecule has 0 aromatic heterocycles. The van der Waals surface area contributed by atoms with Crippen LogP contribution in [0.3, 0.4) is 0 Å². The van der Waals surface area contributed by atoms with Gasteiger partial charge in [0.2, 0.25) is 0 Å². The normalized spacial score (nSPS) is 18.1. The quantitative estimate of drug-likeness (QED) is 0.832. The van der Waals surface area contributed by atoms with Gasteiger partial charge >= 0.3 is 5.97 Å². The van der Waals surface area contributed by atoms with Crippen molar-refractivity contribution in [2.45, 2.75) is 39.2 Å². The van der Waals surface area contributed by atoms with Crippen molar-refractivity contribution in [1.82, 2.24) is 0 Å². The van der Waals surface area contributed by atoms with E-state index < -0.39 is 11.6 Å². The molecule has 96 valence electrons. The number of aliphatic hydroxyl groups excluding tert-OH is 1. The van der Waals surface area contributed by atoms with Crippen LogP contribution in [0.15, 0.2) is 30.0 Å². The van der Waals surface area contributed by atoms with Gasteiger partial charge in [-0.1, -0.05) is 38.1 Å². The van der Waals surface area contributed by atoms with Crippen LogP contribution in [0.5, 0.6) is 0 Å². The fourth-order valence-electron chi connectivity index (χ4n) is 2.42. The molecule has 1 aromatic rings. The van der Waals surface area contributed by atoms with Crippen LogP contribution in [0.2, 0.25) is 0 Å². The molecule has 1 N–H and O–H groups in total. The predicted molar refractivity (Wildman–Crippen MR) is 70.1 cm³/mol. The smallest absolute Gasteiger partial charge is 0.343 e. The number of aryl methyl sites for hydroxylation is 1. The average Bonchev–Trinajstić information content (AvgIpc) is 2.62. The number of hydrogen-bond acceptors (Lipinski definition) is 3. The average molecular weight is 246 g/mol. The summed E-state index contributed by atoms with van der Waals surface area (Å²) in [6.45, 7) is 5.74. The van der Waals surface area contributed by atoms with Crippen LogP contribution >= 0.6 is 0 Å². The minimum atomic E-state index is -0.839. The van der Waals surface area contributed by atoms with Crippen LogP contribution in [0, 0.1) is 6.92 Å². The van der Waals surface area contributed by atoms with Crippen LogP contribution in [-0.4, -0.2) is 16.7 Å². The highest BCUT2D eigenvalue weighted by molar-refractivity contribution is 6.20.